The largest absolute Gasteiger partial charge is 0.384 e. The number of hydrogen-bond donors (Lipinski definition) is 2. The van der Waals surface area contributed by atoms with Gasteiger partial charge < -0.3 is 15.4 Å². The van der Waals surface area contributed by atoms with E-state index in [1.807, 2.05) is 26.0 Å². The molecule has 0 amide bonds. The van der Waals surface area contributed by atoms with E-state index in [4.69, 9.17) is 11.2 Å². The number of aromatic nitrogens is 1. The maximum atomic E-state index is 11.3. The van der Waals surface area contributed by atoms with E-state index in [9.17, 15) is 4.79 Å². The summed E-state index contributed by atoms with van der Waals surface area (Å²) in [6, 6.07) is 1.92. The van der Waals surface area contributed by atoms with Crippen LogP contribution in [-0.2, 0) is 4.74 Å². The molecule has 0 aromatic carbocycles. The molecule has 6 nitrogen and oxygen atoms in total. The van der Waals surface area contributed by atoms with Crippen molar-refractivity contribution in [3.05, 3.63) is 41.6 Å². The molecule has 0 fully saturated rings. The van der Waals surface area contributed by atoms with Crippen LogP contribution in [0.5, 0.6) is 0 Å². The number of hydrogen-bond acceptors (Lipinski definition) is 6. The Kier molecular flexibility index (Phi) is 11.0. The fourth-order valence-corrected chi connectivity index (χ4v) is 3.08. The SMILES string of the molecule is C#CC(C=C)OC.C/C=C(\C)NC=Nc1c(C=O)sc2nccc(NCCC)c12. The van der Waals surface area contributed by atoms with Crippen LogP contribution < -0.4 is 10.6 Å². The van der Waals surface area contributed by atoms with E-state index in [2.05, 4.69) is 40.0 Å². The van der Waals surface area contributed by atoms with Crippen LogP contribution in [-0.4, -0.2) is 37.4 Å². The minimum absolute atomic E-state index is 0.222. The molecule has 1 atom stereocenters. The van der Waals surface area contributed by atoms with Gasteiger partial charge in [-0.2, -0.15) is 0 Å². The van der Waals surface area contributed by atoms with Gasteiger partial charge in [-0.25, -0.2) is 9.98 Å². The van der Waals surface area contributed by atoms with Gasteiger partial charge in [0.05, 0.1) is 22.3 Å². The van der Waals surface area contributed by atoms with E-state index in [0.29, 0.717) is 10.6 Å². The standard InChI is InChI=1S/C16H20N4OS.C6H8O/c1-4-7-17-12-6-8-18-16-14(12)15(13(9-21)22-16)20-10-19-11(3)5-2;1-4-6(5-2)7-3/h5-6,8-10H,4,7H2,1-3H3,(H,17,18)(H,19,20);1,5-6H,2H2,3H3/b11-5+;. The molecule has 2 N–H and O–H groups in total. The quantitative estimate of drug-likeness (QED) is 0.201. The number of allylic oxidation sites excluding steroid dienone is 2. The Hall–Kier alpha value is -2.95. The summed E-state index contributed by atoms with van der Waals surface area (Å²) in [6.45, 7) is 10.3. The van der Waals surface area contributed by atoms with E-state index >= 15 is 0 Å². The second-order valence-electron chi connectivity index (χ2n) is 5.83. The minimum Gasteiger partial charge on any atom is -0.384 e. The molecule has 0 radical (unpaired) electrons. The lowest BCUT2D eigenvalue weighted by atomic mass is 10.2. The maximum Gasteiger partial charge on any atom is 0.162 e. The average Bonchev–Trinajstić information content (AvgIpc) is 3.12. The summed E-state index contributed by atoms with van der Waals surface area (Å²) in [4.78, 5) is 21.5. The Balaban J connectivity index is 0.000000516. The topological polar surface area (TPSA) is 75.6 Å². The molecule has 29 heavy (non-hydrogen) atoms. The van der Waals surface area contributed by atoms with E-state index in [1.54, 1.807) is 25.7 Å². The van der Waals surface area contributed by atoms with Gasteiger partial charge in [0.25, 0.3) is 0 Å². The molecule has 2 aromatic heterocycles. The van der Waals surface area contributed by atoms with Crippen molar-refractivity contribution in [3.8, 4) is 12.3 Å². The Morgan fingerprint density at radius 2 is 2.31 bits per heavy atom. The first kappa shape index (κ1) is 24.1. The second-order valence-corrected chi connectivity index (χ2v) is 6.86. The van der Waals surface area contributed by atoms with Gasteiger partial charge in [0, 0.05) is 31.2 Å². The number of anilines is 1. The van der Waals surface area contributed by atoms with Crippen molar-refractivity contribution in [1.29, 1.82) is 0 Å². The highest BCUT2D eigenvalue weighted by molar-refractivity contribution is 7.21. The first-order chi connectivity index (χ1) is 14.1. The van der Waals surface area contributed by atoms with Gasteiger partial charge in [0.15, 0.2) is 6.29 Å². The molecule has 0 aliphatic rings. The third kappa shape index (κ3) is 7.18. The van der Waals surface area contributed by atoms with Crippen molar-refractivity contribution in [1.82, 2.24) is 10.3 Å². The lowest BCUT2D eigenvalue weighted by Crippen LogP contribution is -2.06. The molecule has 0 aliphatic heterocycles. The zero-order chi connectivity index (χ0) is 21.6. The average molecular weight is 413 g/mol. The summed E-state index contributed by atoms with van der Waals surface area (Å²) < 4.78 is 4.69. The Morgan fingerprint density at radius 3 is 2.83 bits per heavy atom. The molecule has 0 bridgehead atoms. The molecule has 2 heterocycles. The highest BCUT2D eigenvalue weighted by atomic mass is 32.1. The number of aldehydes is 1. The molecular formula is C22H28N4O2S. The third-order valence-corrected chi connectivity index (χ3v) is 4.83. The number of pyridine rings is 1. The molecule has 0 spiro atoms. The smallest absolute Gasteiger partial charge is 0.162 e. The van der Waals surface area contributed by atoms with Crippen LogP contribution in [0.4, 0.5) is 11.4 Å². The Labute approximate surface area is 176 Å². The van der Waals surface area contributed by atoms with Crippen LogP contribution in [0.3, 0.4) is 0 Å². The Morgan fingerprint density at radius 1 is 1.55 bits per heavy atom. The molecule has 7 heteroatoms. The van der Waals surface area contributed by atoms with Gasteiger partial charge in [0.1, 0.15) is 10.9 Å². The number of ether oxygens (including phenoxy) is 1. The lowest BCUT2D eigenvalue weighted by Gasteiger charge is -2.06. The van der Waals surface area contributed by atoms with E-state index in [1.165, 1.54) is 11.3 Å². The first-order valence-electron chi connectivity index (χ1n) is 9.20. The van der Waals surface area contributed by atoms with Crippen LogP contribution in [0.25, 0.3) is 10.2 Å². The Bertz CT molecular complexity index is 909. The third-order valence-electron chi connectivity index (χ3n) is 3.82. The molecule has 0 saturated heterocycles. The van der Waals surface area contributed by atoms with Gasteiger partial charge in [-0.1, -0.05) is 31.6 Å². The van der Waals surface area contributed by atoms with Crippen molar-refractivity contribution < 1.29 is 9.53 Å². The van der Waals surface area contributed by atoms with Crippen LogP contribution in [0.2, 0.25) is 0 Å². The second kappa shape index (κ2) is 13.3. The minimum atomic E-state index is -0.222. The summed E-state index contributed by atoms with van der Waals surface area (Å²) in [5.74, 6) is 2.36. The summed E-state index contributed by atoms with van der Waals surface area (Å²) in [5, 5.41) is 7.34. The van der Waals surface area contributed by atoms with Crippen LogP contribution >= 0.6 is 11.3 Å². The van der Waals surface area contributed by atoms with Gasteiger partial charge in [-0.05, 0) is 26.3 Å². The van der Waals surface area contributed by atoms with E-state index in [-0.39, 0.29) is 6.10 Å². The number of methoxy groups -OCH3 is 1. The summed E-state index contributed by atoms with van der Waals surface area (Å²) in [6.07, 6.45) is 13.5. The monoisotopic (exact) mass is 412 g/mol. The van der Waals surface area contributed by atoms with Crippen LogP contribution in [0.1, 0.15) is 36.9 Å². The lowest BCUT2D eigenvalue weighted by molar-refractivity contribution is 0.112. The first-order valence-corrected chi connectivity index (χ1v) is 10.0. The maximum absolute atomic E-state index is 11.3. The molecule has 0 saturated carbocycles. The zero-order valence-electron chi connectivity index (χ0n) is 17.4. The van der Waals surface area contributed by atoms with Crippen LogP contribution in [0, 0.1) is 12.3 Å². The number of thiophene rings is 1. The van der Waals surface area contributed by atoms with Gasteiger partial charge in [0.2, 0.25) is 0 Å². The number of carbonyl (C=O) groups is 1. The van der Waals surface area contributed by atoms with Gasteiger partial charge in [-0.15, -0.1) is 17.8 Å². The number of nitrogens with one attached hydrogen (secondary N) is 2. The highest BCUT2D eigenvalue weighted by Gasteiger charge is 2.15. The van der Waals surface area contributed by atoms with E-state index in [0.717, 1.165) is 40.9 Å². The highest BCUT2D eigenvalue weighted by Crippen LogP contribution is 2.39. The van der Waals surface area contributed by atoms with Crippen molar-refractivity contribution >= 4 is 45.6 Å². The number of nitrogens with zero attached hydrogens (tertiary/aromatic N) is 2. The predicted octanol–water partition coefficient (Wildman–Crippen LogP) is 4.92. The van der Waals surface area contributed by atoms with E-state index < -0.39 is 0 Å². The summed E-state index contributed by atoms with van der Waals surface area (Å²) in [5.41, 5.74) is 2.63. The number of fused-ring (bicyclic) bond motifs is 1. The molecule has 1 unspecified atom stereocenters. The molecule has 2 aromatic rings. The normalized spacial score (nSPS) is 12.0. The predicted molar refractivity (Wildman–Crippen MR) is 124 cm³/mol. The number of terminal acetylenes is 1. The van der Waals surface area contributed by atoms with Gasteiger partial charge in [-0.3, -0.25) is 4.79 Å². The van der Waals surface area contributed by atoms with Crippen LogP contribution in [0.15, 0.2) is 41.7 Å². The summed E-state index contributed by atoms with van der Waals surface area (Å²) >= 11 is 1.36. The van der Waals surface area contributed by atoms with Crippen molar-refractivity contribution in [3.63, 3.8) is 0 Å². The molecular weight excluding hydrogens is 384 g/mol. The number of aliphatic imine (C=N–C) groups is 1. The molecule has 2 rings (SSSR count). The summed E-state index contributed by atoms with van der Waals surface area (Å²) in [7, 11) is 1.55. The number of carbonyl (C=O) groups excluding carboxylic acids is 1. The molecule has 0 aliphatic carbocycles. The zero-order valence-corrected chi connectivity index (χ0v) is 18.2. The van der Waals surface area contributed by atoms with Gasteiger partial charge >= 0.3 is 0 Å². The fraction of sp³-hybridized carbons (Fsp3) is 0.318. The number of rotatable bonds is 9. The van der Waals surface area contributed by atoms with Crippen molar-refractivity contribution in [2.45, 2.75) is 33.3 Å². The molecule has 154 valence electrons. The van der Waals surface area contributed by atoms with Crippen molar-refractivity contribution in [2.75, 3.05) is 19.0 Å². The van der Waals surface area contributed by atoms with Crippen molar-refractivity contribution in [2.24, 2.45) is 4.99 Å². The fourth-order valence-electron chi connectivity index (χ4n) is 2.15.